The third-order valence-corrected chi connectivity index (χ3v) is 3.69. The number of anilines is 1. The molecule has 1 heterocycles. The summed E-state index contributed by atoms with van der Waals surface area (Å²) in [5.74, 6) is 0.195. The van der Waals surface area contributed by atoms with Gasteiger partial charge in [-0.05, 0) is 31.5 Å². The van der Waals surface area contributed by atoms with Crippen molar-refractivity contribution in [3.8, 4) is 0 Å². The molecule has 18 heavy (non-hydrogen) atoms. The van der Waals surface area contributed by atoms with Gasteiger partial charge in [-0.1, -0.05) is 12.1 Å². The van der Waals surface area contributed by atoms with E-state index in [2.05, 4.69) is 19.2 Å². The van der Waals surface area contributed by atoms with Crippen molar-refractivity contribution < 1.29 is 4.79 Å². The maximum absolute atomic E-state index is 12.3. The quantitative estimate of drug-likeness (QED) is 0.767. The van der Waals surface area contributed by atoms with E-state index in [9.17, 15) is 4.79 Å². The van der Waals surface area contributed by atoms with E-state index < -0.39 is 0 Å². The summed E-state index contributed by atoms with van der Waals surface area (Å²) in [6.45, 7) is 5.88. The van der Waals surface area contributed by atoms with Crippen molar-refractivity contribution in [2.24, 2.45) is 0 Å². The molecule has 1 fully saturated rings. The second-order valence-corrected chi connectivity index (χ2v) is 4.99. The van der Waals surface area contributed by atoms with E-state index in [0.717, 1.165) is 24.3 Å². The lowest BCUT2D eigenvalue weighted by atomic mass is 10.0. The number of hydrogen-bond donors (Lipinski definition) is 2. The molecule has 1 amide bonds. The van der Waals surface area contributed by atoms with Gasteiger partial charge in [0.2, 0.25) is 5.91 Å². The molecule has 2 atom stereocenters. The highest BCUT2D eigenvalue weighted by molar-refractivity contribution is 5.79. The monoisotopic (exact) mass is 247 g/mol. The van der Waals surface area contributed by atoms with E-state index in [0.29, 0.717) is 12.5 Å². The molecule has 0 radical (unpaired) electrons. The van der Waals surface area contributed by atoms with Gasteiger partial charge in [0.15, 0.2) is 0 Å². The number of benzene rings is 1. The van der Waals surface area contributed by atoms with E-state index in [1.807, 2.05) is 29.2 Å². The van der Waals surface area contributed by atoms with Crippen molar-refractivity contribution in [2.75, 3.05) is 18.8 Å². The zero-order valence-electron chi connectivity index (χ0n) is 11.0. The van der Waals surface area contributed by atoms with Gasteiger partial charge in [-0.25, -0.2) is 0 Å². The minimum absolute atomic E-state index is 0.195. The fraction of sp³-hybridized carbons (Fsp3) is 0.500. The Kier molecular flexibility index (Phi) is 3.87. The summed E-state index contributed by atoms with van der Waals surface area (Å²) in [4.78, 5) is 14.2. The van der Waals surface area contributed by atoms with Gasteiger partial charge in [0.05, 0.1) is 6.42 Å². The molecule has 4 nitrogen and oxygen atoms in total. The number of piperazine rings is 1. The van der Waals surface area contributed by atoms with Crippen LogP contribution in [0.2, 0.25) is 0 Å². The first-order valence-corrected chi connectivity index (χ1v) is 6.45. The molecule has 1 aromatic carbocycles. The van der Waals surface area contributed by atoms with E-state index in [1.54, 1.807) is 0 Å². The van der Waals surface area contributed by atoms with Gasteiger partial charge in [-0.3, -0.25) is 4.79 Å². The summed E-state index contributed by atoms with van der Waals surface area (Å²) in [7, 11) is 0. The van der Waals surface area contributed by atoms with Gasteiger partial charge in [0.25, 0.3) is 0 Å². The number of carbonyl (C=O) groups excluding carboxylic acids is 1. The first-order chi connectivity index (χ1) is 8.58. The number of nitrogens with zero attached hydrogens (tertiary/aromatic N) is 1. The number of carbonyl (C=O) groups is 1. The Balaban J connectivity index is 2.01. The van der Waals surface area contributed by atoms with Gasteiger partial charge in [0.1, 0.15) is 0 Å². The molecular weight excluding hydrogens is 226 g/mol. The van der Waals surface area contributed by atoms with Crippen LogP contribution in [-0.4, -0.2) is 36.0 Å². The molecule has 1 saturated heterocycles. The maximum atomic E-state index is 12.3. The van der Waals surface area contributed by atoms with Crippen molar-refractivity contribution in [2.45, 2.75) is 32.4 Å². The molecule has 98 valence electrons. The van der Waals surface area contributed by atoms with E-state index in [4.69, 9.17) is 5.73 Å². The summed E-state index contributed by atoms with van der Waals surface area (Å²) in [5.41, 5.74) is 7.39. The van der Waals surface area contributed by atoms with Crippen LogP contribution in [0.15, 0.2) is 24.3 Å². The molecule has 4 heteroatoms. The van der Waals surface area contributed by atoms with Gasteiger partial charge in [-0.15, -0.1) is 0 Å². The molecule has 0 aliphatic carbocycles. The minimum Gasteiger partial charge on any atom is -0.399 e. The molecule has 2 rings (SSSR count). The largest absolute Gasteiger partial charge is 0.399 e. The highest BCUT2D eigenvalue weighted by Gasteiger charge is 2.27. The molecule has 0 spiro atoms. The predicted molar refractivity (Wildman–Crippen MR) is 73.2 cm³/mol. The first-order valence-electron chi connectivity index (χ1n) is 6.45. The third kappa shape index (κ3) is 2.82. The van der Waals surface area contributed by atoms with E-state index in [1.165, 1.54) is 0 Å². The number of nitrogens with two attached hydrogens (primary N) is 1. The van der Waals surface area contributed by atoms with Crippen LogP contribution in [0, 0.1) is 0 Å². The summed E-state index contributed by atoms with van der Waals surface area (Å²) < 4.78 is 0. The van der Waals surface area contributed by atoms with Crippen LogP contribution in [0.4, 0.5) is 5.69 Å². The number of rotatable bonds is 2. The van der Waals surface area contributed by atoms with E-state index in [-0.39, 0.29) is 11.9 Å². The van der Waals surface area contributed by atoms with Gasteiger partial charge >= 0.3 is 0 Å². The summed E-state index contributed by atoms with van der Waals surface area (Å²) in [5, 5.41) is 3.38. The zero-order valence-corrected chi connectivity index (χ0v) is 11.0. The minimum atomic E-state index is 0.195. The molecule has 1 aliphatic heterocycles. The number of amides is 1. The molecule has 1 aliphatic rings. The van der Waals surface area contributed by atoms with Gasteiger partial charge < -0.3 is 16.0 Å². The van der Waals surface area contributed by atoms with Crippen molar-refractivity contribution in [3.05, 3.63) is 29.8 Å². The second-order valence-electron chi connectivity index (χ2n) is 4.99. The maximum Gasteiger partial charge on any atom is 0.227 e. The summed E-state index contributed by atoms with van der Waals surface area (Å²) in [6, 6.07) is 8.13. The Labute approximate surface area is 108 Å². The fourth-order valence-corrected chi connectivity index (χ4v) is 2.32. The van der Waals surface area contributed by atoms with Crippen molar-refractivity contribution in [1.29, 1.82) is 0 Å². The first kappa shape index (κ1) is 12.9. The molecular formula is C14H21N3O. The van der Waals surface area contributed by atoms with Gasteiger partial charge in [0, 0.05) is 30.9 Å². The molecule has 0 bridgehead atoms. The lowest BCUT2D eigenvalue weighted by molar-refractivity contribution is -0.134. The fourth-order valence-electron chi connectivity index (χ4n) is 2.32. The lowest BCUT2D eigenvalue weighted by Gasteiger charge is -2.38. The Hall–Kier alpha value is -1.55. The lowest BCUT2D eigenvalue weighted by Crippen LogP contribution is -2.57. The molecule has 2 unspecified atom stereocenters. The zero-order chi connectivity index (χ0) is 13.1. The Morgan fingerprint density at radius 1 is 1.39 bits per heavy atom. The highest BCUT2D eigenvalue weighted by atomic mass is 16.2. The molecule has 1 aromatic rings. The summed E-state index contributed by atoms with van der Waals surface area (Å²) >= 11 is 0. The average Bonchev–Trinajstić information content (AvgIpc) is 2.35. The molecule has 3 N–H and O–H groups in total. The number of nitrogen functional groups attached to an aromatic ring is 1. The third-order valence-electron chi connectivity index (χ3n) is 3.69. The molecule has 0 aromatic heterocycles. The Morgan fingerprint density at radius 2 is 2.06 bits per heavy atom. The summed E-state index contributed by atoms with van der Waals surface area (Å²) in [6.07, 6.45) is 0.456. The predicted octanol–water partition coefficient (Wildman–Crippen LogP) is 1.02. The van der Waals surface area contributed by atoms with Crippen LogP contribution in [0.25, 0.3) is 0 Å². The van der Waals surface area contributed by atoms with Crippen LogP contribution in [0.3, 0.4) is 0 Å². The van der Waals surface area contributed by atoms with Gasteiger partial charge in [-0.2, -0.15) is 0 Å². The SMILES string of the molecule is CC1NCCN(C(=O)Cc2ccc(N)cc2)C1C. The van der Waals surface area contributed by atoms with Crippen LogP contribution >= 0.6 is 0 Å². The number of nitrogens with one attached hydrogen (secondary N) is 1. The Bertz CT molecular complexity index is 416. The van der Waals surface area contributed by atoms with Crippen molar-refractivity contribution in [3.63, 3.8) is 0 Å². The number of hydrogen-bond acceptors (Lipinski definition) is 3. The second kappa shape index (κ2) is 5.40. The topological polar surface area (TPSA) is 58.4 Å². The van der Waals surface area contributed by atoms with Crippen molar-refractivity contribution >= 4 is 11.6 Å². The normalized spacial score (nSPS) is 24.0. The van der Waals surface area contributed by atoms with Crippen LogP contribution in [0.5, 0.6) is 0 Å². The van der Waals surface area contributed by atoms with E-state index >= 15 is 0 Å². The average molecular weight is 247 g/mol. The molecule has 0 saturated carbocycles. The van der Waals surface area contributed by atoms with Crippen LogP contribution in [0.1, 0.15) is 19.4 Å². The standard InChI is InChI=1S/C14H21N3O/c1-10-11(2)17(8-7-16-10)14(18)9-12-3-5-13(15)6-4-12/h3-6,10-11,16H,7-9,15H2,1-2H3. The van der Waals surface area contributed by atoms with Crippen LogP contribution in [-0.2, 0) is 11.2 Å². The smallest absolute Gasteiger partial charge is 0.227 e. The van der Waals surface area contributed by atoms with Crippen LogP contribution < -0.4 is 11.1 Å². The highest BCUT2D eigenvalue weighted by Crippen LogP contribution is 2.13. The Morgan fingerprint density at radius 3 is 2.72 bits per heavy atom. The van der Waals surface area contributed by atoms with Crippen molar-refractivity contribution in [1.82, 2.24) is 10.2 Å².